The number of aliphatic hydroxyl groups is 1. The van der Waals surface area contributed by atoms with Gasteiger partial charge in [-0.15, -0.1) is 0 Å². The zero-order valence-electron chi connectivity index (χ0n) is 12.5. The Morgan fingerprint density at radius 1 is 1.13 bits per heavy atom. The van der Waals surface area contributed by atoms with Crippen LogP contribution in [0.3, 0.4) is 0 Å². The van der Waals surface area contributed by atoms with E-state index in [1.54, 1.807) is 0 Å². The van der Waals surface area contributed by atoms with Crippen LogP contribution in [0.25, 0.3) is 0 Å². The van der Waals surface area contributed by atoms with E-state index in [1.165, 1.54) is 31.2 Å². The Hall–Kier alpha value is -2.18. The molecule has 0 heterocycles. The lowest BCUT2D eigenvalue weighted by atomic mass is 9.91. The first-order valence-electron chi connectivity index (χ1n) is 7.07. The van der Waals surface area contributed by atoms with Gasteiger partial charge < -0.3 is 10.8 Å². The minimum atomic E-state index is -1.89. The van der Waals surface area contributed by atoms with Gasteiger partial charge in [0, 0.05) is 0 Å². The summed E-state index contributed by atoms with van der Waals surface area (Å²) >= 11 is 0. The molecule has 23 heavy (non-hydrogen) atoms. The van der Waals surface area contributed by atoms with Crippen molar-refractivity contribution < 1.29 is 23.7 Å². The zero-order valence-corrected chi connectivity index (χ0v) is 12.5. The second-order valence-electron chi connectivity index (χ2n) is 5.31. The molecule has 0 bridgehead atoms. The Bertz CT molecular complexity index is 701. The molecule has 0 aliphatic carbocycles. The molecule has 2 aromatic rings. The fourth-order valence-electron chi connectivity index (χ4n) is 2.38. The average molecular weight is 323 g/mol. The van der Waals surface area contributed by atoms with Crippen molar-refractivity contribution in [2.45, 2.75) is 25.2 Å². The van der Waals surface area contributed by atoms with Gasteiger partial charge in [0.15, 0.2) is 0 Å². The minimum Gasteiger partial charge on any atom is -0.389 e. The minimum absolute atomic E-state index is 0.177. The molecule has 3 unspecified atom stereocenters. The number of alkyl halides is 1. The molecule has 0 fully saturated rings. The third kappa shape index (κ3) is 3.60. The molecule has 0 saturated carbocycles. The highest BCUT2D eigenvalue weighted by Crippen LogP contribution is 2.25. The Morgan fingerprint density at radius 2 is 1.74 bits per heavy atom. The molecule has 0 radical (unpaired) electrons. The van der Waals surface area contributed by atoms with E-state index in [9.17, 15) is 18.3 Å². The van der Waals surface area contributed by atoms with Crippen molar-refractivity contribution >= 4 is 5.71 Å². The number of rotatable bonds is 5. The van der Waals surface area contributed by atoms with E-state index in [0.717, 1.165) is 18.2 Å². The van der Waals surface area contributed by atoms with E-state index in [-0.39, 0.29) is 11.1 Å². The SMILES string of the molecule is CC(O)c1cccc(F)c1C(=[NH2+])C(F)C(N)c1ccc(F)cc1. The molecule has 2 rings (SSSR count). The predicted molar refractivity (Wildman–Crippen MR) is 81.3 cm³/mol. The van der Waals surface area contributed by atoms with Gasteiger partial charge in [0.25, 0.3) is 0 Å². The molecule has 3 atom stereocenters. The highest BCUT2D eigenvalue weighted by Gasteiger charge is 2.32. The van der Waals surface area contributed by atoms with Gasteiger partial charge >= 0.3 is 0 Å². The highest BCUT2D eigenvalue weighted by atomic mass is 19.1. The first kappa shape index (κ1) is 17.2. The van der Waals surface area contributed by atoms with Gasteiger partial charge in [-0.2, -0.15) is 0 Å². The molecular formula is C17H18F3N2O+. The van der Waals surface area contributed by atoms with Crippen LogP contribution < -0.4 is 11.1 Å². The topological polar surface area (TPSA) is 71.8 Å². The molecular weight excluding hydrogens is 305 g/mol. The largest absolute Gasteiger partial charge is 0.389 e. The van der Waals surface area contributed by atoms with Crippen LogP contribution in [0.5, 0.6) is 0 Å². The second kappa shape index (κ2) is 6.93. The summed E-state index contributed by atoms with van der Waals surface area (Å²) in [6, 6.07) is 7.81. The van der Waals surface area contributed by atoms with Gasteiger partial charge in [0.2, 0.25) is 11.9 Å². The van der Waals surface area contributed by atoms with E-state index in [2.05, 4.69) is 0 Å². The molecule has 122 valence electrons. The third-order valence-corrected chi connectivity index (χ3v) is 3.65. The molecule has 5 N–H and O–H groups in total. The summed E-state index contributed by atoms with van der Waals surface area (Å²) in [4.78, 5) is 0. The number of halogens is 3. The maximum absolute atomic E-state index is 14.7. The Labute approximate surface area is 132 Å². The van der Waals surface area contributed by atoms with Crippen molar-refractivity contribution in [1.29, 1.82) is 0 Å². The third-order valence-electron chi connectivity index (χ3n) is 3.65. The van der Waals surface area contributed by atoms with Crippen LogP contribution in [0.2, 0.25) is 0 Å². The van der Waals surface area contributed by atoms with Crippen LogP contribution in [-0.4, -0.2) is 17.0 Å². The van der Waals surface area contributed by atoms with Gasteiger partial charge in [-0.1, -0.05) is 24.3 Å². The quantitative estimate of drug-likeness (QED) is 0.732. The van der Waals surface area contributed by atoms with Crippen LogP contribution >= 0.6 is 0 Å². The Kier molecular flexibility index (Phi) is 5.18. The van der Waals surface area contributed by atoms with Crippen molar-refractivity contribution in [1.82, 2.24) is 0 Å². The van der Waals surface area contributed by atoms with E-state index < -0.39 is 35.7 Å². The van der Waals surface area contributed by atoms with Crippen LogP contribution in [0.15, 0.2) is 42.5 Å². The number of benzene rings is 2. The number of hydrogen-bond acceptors (Lipinski definition) is 2. The van der Waals surface area contributed by atoms with E-state index in [0.29, 0.717) is 5.56 Å². The molecule has 0 amide bonds. The summed E-state index contributed by atoms with van der Waals surface area (Å²) < 4.78 is 41.7. The lowest BCUT2D eigenvalue weighted by Crippen LogP contribution is -2.50. The Morgan fingerprint density at radius 3 is 2.30 bits per heavy atom. The van der Waals surface area contributed by atoms with Crippen molar-refractivity contribution in [2.75, 3.05) is 0 Å². The summed E-state index contributed by atoms with van der Waals surface area (Å²) in [6.45, 7) is 1.43. The molecule has 2 aromatic carbocycles. The molecule has 3 nitrogen and oxygen atoms in total. The van der Waals surface area contributed by atoms with Crippen LogP contribution in [0, 0.1) is 11.6 Å². The Balaban J connectivity index is 2.35. The van der Waals surface area contributed by atoms with Gasteiger partial charge in [-0.3, -0.25) is 5.41 Å². The monoisotopic (exact) mass is 323 g/mol. The highest BCUT2D eigenvalue weighted by molar-refractivity contribution is 6.01. The summed E-state index contributed by atoms with van der Waals surface area (Å²) in [5.41, 5.74) is 5.73. The summed E-state index contributed by atoms with van der Waals surface area (Å²) in [6.07, 6.45) is -2.91. The fraction of sp³-hybridized carbons (Fsp3) is 0.235. The van der Waals surface area contributed by atoms with Crippen molar-refractivity contribution in [3.8, 4) is 0 Å². The maximum Gasteiger partial charge on any atom is 0.220 e. The number of hydrogen-bond donors (Lipinski definition) is 3. The summed E-state index contributed by atoms with van der Waals surface area (Å²) in [5.74, 6) is -1.21. The molecule has 0 spiro atoms. The van der Waals surface area contributed by atoms with Gasteiger partial charge in [-0.05, 0) is 36.2 Å². The molecule has 0 aliphatic heterocycles. The predicted octanol–water partition coefficient (Wildman–Crippen LogP) is 1.60. The second-order valence-corrected chi connectivity index (χ2v) is 5.31. The summed E-state index contributed by atoms with van der Waals surface area (Å²) in [7, 11) is 0. The lowest BCUT2D eigenvalue weighted by molar-refractivity contribution is -0.120. The molecule has 0 saturated heterocycles. The van der Waals surface area contributed by atoms with Gasteiger partial charge in [-0.25, -0.2) is 13.2 Å². The average Bonchev–Trinajstić information content (AvgIpc) is 2.53. The van der Waals surface area contributed by atoms with Crippen molar-refractivity contribution in [3.63, 3.8) is 0 Å². The van der Waals surface area contributed by atoms with Crippen LogP contribution in [-0.2, 0) is 0 Å². The first-order chi connectivity index (χ1) is 10.8. The molecule has 0 aromatic heterocycles. The maximum atomic E-state index is 14.7. The van der Waals surface area contributed by atoms with Crippen molar-refractivity contribution in [2.24, 2.45) is 5.73 Å². The fourth-order valence-corrected chi connectivity index (χ4v) is 2.38. The standard InChI is InChI=1S/C17H17F3N2O/c1-9(23)12-3-2-4-13(19)14(12)17(22)15(20)16(21)10-5-7-11(18)8-6-10/h2-9,15-16,22-23H,21H2,1H3/p+1. The van der Waals surface area contributed by atoms with E-state index >= 15 is 0 Å². The number of nitrogens with two attached hydrogens (primary N) is 2. The first-order valence-corrected chi connectivity index (χ1v) is 7.07. The van der Waals surface area contributed by atoms with Gasteiger partial charge in [0.1, 0.15) is 11.6 Å². The summed E-state index contributed by atoms with van der Waals surface area (Å²) in [5, 5.41) is 15.5. The lowest BCUT2D eigenvalue weighted by Gasteiger charge is -2.18. The van der Waals surface area contributed by atoms with Crippen LogP contribution in [0.4, 0.5) is 13.2 Å². The smallest absolute Gasteiger partial charge is 0.220 e. The molecule has 0 aliphatic rings. The van der Waals surface area contributed by atoms with Gasteiger partial charge in [0.05, 0.1) is 17.7 Å². The zero-order chi connectivity index (χ0) is 17.1. The van der Waals surface area contributed by atoms with E-state index in [1.807, 2.05) is 0 Å². The molecule has 6 heteroatoms. The van der Waals surface area contributed by atoms with Crippen LogP contribution in [0.1, 0.15) is 35.8 Å². The van der Waals surface area contributed by atoms with Crippen molar-refractivity contribution in [3.05, 3.63) is 70.8 Å². The number of aliphatic hydroxyl groups excluding tert-OH is 1. The van der Waals surface area contributed by atoms with E-state index in [4.69, 9.17) is 11.1 Å². The normalized spacial score (nSPS) is 15.0.